The molecule has 1 heterocycles. The van der Waals surface area contributed by atoms with Gasteiger partial charge in [0.1, 0.15) is 0 Å². The minimum absolute atomic E-state index is 0.483. The smallest absolute Gasteiger partial charge is 0.224 e. The molecule has 1 aromatic rings. The van der Waals surface area contributed by atoms with E-state index in [0.717, 1.165) is 17.3 Å². The maximum atomic E-state index is 5.40. The lowest BCUT2D eigenvalue weighted by Crippen LogP contribution is -2.06. The van der Waals surface area contributed by atoms with Crippen molar-refractivity contribution in [1.29, 1.82) is 0 Å². The maximum Gasteiger partial charge on any atom is 0.224 e. The van der Waals surface area contributed by atoms with Crippen LogP contribution in [0, 0.1) is 0 Å². The molecule has 0 aliphatic carbocycles. The zero-order valence-electron chi connectivity index (χ0n) is 8.12. The van der Waals surface area contributed by atoms with Crippen LogP contribution in [-0.4, -0.2) is 18.1 Å². The molecule has 0 aromatic carbocycles. The normalized spacial score (nSPS) is 10.8. The van der Waals surface area contributed by atoms with Gasteiger partial charge in [0, 0.05) is 5.92 Å². The van der Waals surface area contributed by atoms with Gasteiger partial charge in [-0.05, 0) is 13.0 Å². The summed E-state index contributed by atoms with van der Waals surface area (Å²) < 4.78 is 5.40. The van der Waals surface area contributed by atoms with E-state index in [-0.39, 0.29) is 0 Å². The summed E-state index contributed by atoms with van der Waals surface area (Å²) in [6.07, 6.45) is 0.883. The fourth-order valence-electron chi connectivity index (χ4n) is 0.864. The molecule has 0 amide bonds. The third-order valence-corrected chi connectivity index (χ3v) is 2.72. The van der Waals surface area contributed by atoms with Gasteiger partial charge >= 0.3 is 0 Å². The molecule has 0 radical (unpaired) electrons. The van der Waals surface area contributed by atoms with E-state index in [2.05, 4.69) is 18.8 Å². The fraction of sp³-hybridized carbons (Fsp3) is 0.667. The van der Waals surface area contributed by atoms with Gasteiger partial charge in [-0.3, -0.25) is 0 Å². The molecule has 0 aliphatic heterocycles. The van der Waals surface area contributed by atoms with Crippen LogP contribution in [0.2, 0.25) is 0 Å². The van der Waals surface area contributed by atoms with Crippen LogP contribution in [0.5, 0.6) is 5.88 Å². The summed E-state index contributed by atoms with van der Waals surface area (Å²) >= 11 is 1.65. The summed E-state index contributed by atoms with van der Waals surface area (Å²) in [7, 11) is 0. The van der Waals surface area contributed by atoms with Crippen molar-refractivity contribution in [3.8, 4) is 5.88 Å². The van der Waals surface area contributed by atoms with Crippen LogP contribution in [0.1, 0.15) is 31.2 Å². The van der Waals surface area contributed by atoms with Gasteiger partial charge in [-0.1, -0.05) is 13.8 Å². The van der Waals surface area contributed by atoms with E-state index in [0.29, 0.717) is 19.1 Å². The lowest BCUT2D eigenvalue weighted by Gasteiger charge is -2.00. The molecule has 0 aliphatic rings. The second-order valence-corrected chi connectivity index (χ2v) is 4.06. The summed E-state index contributed by atoms with van der Waals surface area (Å²) in [4.78, 5) is 4.34. The molecule has 0 spiro atoms. The SMILES string of the molecule is CC(C)c1nc(OCCCN)cs1. The van der Waals surface area contributed by atoms with Crippen LogP contribution in [0.15, 0.2) is 5.38 Å². The quantitative estimate of drug-likeness (QED) is 0.739. The molecule has 1 rings (SSSR count). The highest BCUT2D eigenvalue weighted by Gasteiger charge is 2.05. The van der Waals surface area contributed by atoms with Crippen LogP contribution >= 0.6 is 11.3 Å². The molecule has 1 aromatic heterocycles. The van der Waals surface area contributed by atoms with Crippen molar-refractivity contribution in [3.05, 3.63) is 10.4 Å². The lowest BCUT2D eigenvalue weighted by molar-refractivity contribution is 0.302. The minimum atomic E-state index is 0.483. The van der Waals surface area contributed by atoms with Gasteiger partial charge in [-0.2, -0.15) is 0 Å². The number of nitrogens with zero attached hydrogens (tertiary/aromatic N) is 1. The number of rotatable bonds is 5. The first kappa shape index (κ1) is 10.5. The Morgan fingerprint density at radius 2 is 2.38 bits per heavy atom. The van der Waals surface area contributed by atoms with E-state index >= 15 is 0 Å². The fourth-order valence-corrected chi connectivity index (χ4v) is 1.62. The molecular formula is C9H16N2OS. The number of ether oxygens (including phenoxy) is 1. The van der Waals surface area contributed by atoms with Crippen molar-refractivity contribution in [3.63, 3.8) is 0 Å². The Bertz CT molecular complexity index is 248. The maximum absolute atomic E-state index is 5.40. The minimum Gasteiger partial charge on any atom is -0.477 e. The second kappa shape index (κ2) is 5.19. The number of thiazole rings is 1. The van der Waals surface area contributed by atoms with E-state index in [1.165, 1.54) is 0 Å². The van der Waals surface area contributed by atoms with Gasteiger partial charge in [0.2, 0.25) is 5.88 Å². The summed E-state index contributed by atoms with van der Waals surface area (Å²) in [5.74, 6) is 1.22. The van der Waals surface area contributed by atoms with E-state index in [1.54, 1.807) is 11.3 Å². The molecule has 0 saturated carbocycles. The highest BCUT2D eigenvalue weighted by atomic mass is 32.1. The zero-order chi connectivity index (χ0) is 9.68. The summed E-state index contributed by atoms with van der Waals surface area (Å²) in [5.41, 5.74) is 5.35. The van der Waals surface area contributed by atoms with E-state index < -0.39 is 0 Å². The Labute approximate surface area is 82.9 Å². The first-order chi connectivity index (χ1) is 6.24. The summed E-state index contributed by atoms with van der Waals surface area (Å²) in [6.45, 7) is 5.59. The zero-order valence-corrected chi connectivity index (χ0v) is 8.93. The van der Waals surface area contributed by atoms with Gasteiger partial charge in [0.15, 0.2) is 0 Å². The van der Waals surface area contributed by atoms with Crippen molar-refractivity contribution < 1.29 is 4.74 Å². The molecule has 4 heteroatoms. The third kappa shape index (κ3) is 3.32. The van der Waals surface area contributed by atoms with Gasteiger partial charge in [-0.25, -0.2) is 4.98 Å². The predicted octanol–water partition coefficient (Wildman–Crippen LogP) is 1.99. The number of aromatic nitrogens is 1. The molecular weight excluding hydrogens is 184 g/mol. The predicted molar refractivity (Wildman–Crippen MR) is 55.4 cm³/mol. The molecule has 3 nitrogen and oxygen atoms in total. The number of hydrogen-bond acceptors (Lipinski definition) is 4. The Morgan fingerprint density at radius 3 is 2.92 bits per heavy atom. The Morgan fingerprint density at radius 1 is 1.62 bits per heavy atom. The first-order valence-corrected chi connectivity index (χ1v) is 5.40. The Hall–Kier alpha value is -0.610. The second-order valence-electron chi connectivity index (χ2n) is 3.17. The molecule has 0 saturated heterocycles. The topological polar surface area (TPSA) is 48.1 Å². The van der Waals surface area contributed by atoms with E-state index in [4.69, 9.17) is 10.5 Å². The monoisotopic (exact) mass is 200 g/mol. The molecule has 0 bridgehead atoms. The molecule has 2 N–H and O–H groups in total. The highest BCUT2D eigenvalue weighted by molar-refractivity contribution is 7.09. The molecule has 0 atom stereocenters. The van der Waals surface area contributed by atoms with Crippen LogP contribution in [0.25, 0.3) is 0 Å². The van der Waals surface area contributed by atoms with Crippen molar-refractivity contribution >= 4 is 11.3 Å². The van der Waals surface area contributed by atoms with Crippen LogP contribution < -0.4 is 10.5 Å². The first-order valence-electron chi connectivity index (χ1n) is 4.52. The van der Waals surface area contributed by atoms with E-state index in [9.17, 15) is 0 Å². The van der Waals surface area contributed by atoms with Crippen LogP contribution in [-0.2, 0) is 0 Å². The summed E-state index contributed by atoms with van der Waals surface area (Å²) in [6, 6.07) is 0. The van der Waals surface area contributed by atoms with E-state index in [1.807, 2.05) is 5.38 Å². The molecule has 74 valence electrons. The molecule has 13 heavy (non-hydrogen) atoms. The highest BCUT2D eigenvalue weighted by Crippen LogP contribution is 2.23. The third-order valence-electron chi connectivity index (χ3n) is 1.59. The van der Waals surface area contributed by atoms with Crippen molar-refractivity contribution in [1.82, 2.24) is 4.98 Å². The average Bonchev–Trinajstić information content (AvgIpc) is 2.53. The van der Waals surface area contributed by atoms with Gasteiger partial charge in [0.25, 0.3) is 0 Å². The van der Waals surface area contributed by atoms with Crippen LogP contribution in [0.4, 0.5) is 0 Å². The Balaban J connectivity index is 2.40. The van der Waals surface area contributed by atoms with Crippen molar-refractivity contribution in [2.45, 2.75) is 26.2 Å². The largest absolute Gasteiger partial charge is 0.477 e. The van der Waals surface area contributed by atoms with Gasteiger partial charge in [0.05, 0.1) is 17.0 Å². The van der Waals surface area contributed by atoms with Gasteiger partial charge in [-0.15, -0.1) is 11.3 Å². The van der Waals surface area contributed by atoms with Crippen molar-refractivity contribution in [2.24, 2.45) is 5.73 Å². The number of hydrogen-bond donors (Lipinski definition) is 1. The van der Waals surface area contributed by atoms with Crippen LogP contribution in [0.3, 0.4) is 0 Å². The van der Waals surface area contributed by atoms with Gasteiger partial charge < -0.3 is 10.5 Å². The Kier molecular flexibility index (Phi) is 4.18. The number of nitrogens with two attached hydrogens (primary N) is 1. The van der Waals surface area contributed by atoms with Crippen molar-refractivity contribution in [2.75, 3.05) is 13.2 Å². The summed E-state index contributed by atoms with van der Waals surface area (Å²) in [5, 5.41) is 3.08. The average molecular weight is 200 g/mol. The molecule has 0 fully saturated rings. The lowest BCUT2D eigenvalue weighted by atomic mass is 10.2. The molecule has 0 unspecified atom stereocenters. The standard InChI is InChI=1S/C9H16N2OS/c1-7(2)9-11-8(6-13-9)12-5-3-4-10/h6-7H,3-5,10H2,1-2H3.